The summed E-state index contributed by atoms with van der Waals surface area (Å²) < 4.78 is 0. The predicted octanol–water partition coefficient (Wildman–Crippen LogP) is 2.97. The topological polar surface area (TPSA) is 69.7 Å². The van der Waals surface area contributed by atoms with Crippen LogP contribution in [-0.2, 0) is 19.8 Å². The van der Waals surface area contributed by atoms with E-state index in [-0.39, 0.29) is 23.6 Å². The van der Waals surface area contributed by atoms with Gasteiger partial charge in [0, 0.05) is 18.0 Å². The minimum atomic E-state index is -0.610. The molecule has 0 radical (unpaired) electrons. The first kappa shape index (κ1) is 20.6. The van der Waals surface area contributed by atoms with Gasteiger partial charge in [-0.25, -0.2) is 0 Å². The second-order valence-corrected chi connectivity index (χ2v) is 9.83. The van der Waals surface area contributed by atoms with E-state index < -0.39 is 29.1 Å². The Bertz CT molecular complexity index is 937. The zero-order valence-corrected chi connectivity index (χ0v) is 18.4. The average molecular weight is 410 g/mol. The highest BCUT2D eigenvalue weighted by Crippen LogP contribution is 2.62. The maximum Gasteiger partial charge on any atom is 0.247 e. The van der Waals surface area contributed by atoms with Gasteiger partial charge in [0.05, 0.1) is 0 Å². The van der Waals surface area contributed by atoms with Crippen LogP contribution < -0.4 is 10.2 Å². The Hall–Kier alpha value is -2.63. The van der Waals surface area contributed by atoms with E-state index in [1.54, 1.807) is 9.80 Å². The van der Waals surface area contributed by atoms with E-state index in [9.17, 15) is 14.4 Å². The quantitative estimate of drug-likeness (QED) is 0.778. The zero-order chi connectivity index (χ0) is 22.0. The second kappa shape index (κ2) is 6.69. The molecule has 3 aliphatic rings. The molecule has 0 spiro atoms. The van der Waals surface area contributed by atoms with Crippen LogP contribution in [0.3, 0.4) is 0 Å². The van der Waals surface area contributed by atoms with Gasteiger partial charge in [0.25, 0.3) is 0 Å². The monoisotopic (exact) mass is 409 g/mol. The van der Waals surface area contributed by atoms with Crippen molar-refractivity contribution in [2.45, 2.75) is 71.1 Å². The van der Waals surface area contributed by atoms with Crippen molar-refractivity contribution in [3.63, 3.8) is 0 Å². The van der Waals surface area contributed by atoms with Crippen molar-refractivity contribution >= 4 is 23.4 Å². The molecule has 0 unspecified atom stereocenters. The summed E-state index contributed by atoms with van der Waals surface area (Å²) in [6, 6.07) is 6.68. The molecule has 4 rings (SSSR count). The van der Waals surface area contributed by atoms with Crippen LogP contribution in [0.2, 0.25) is 0 Å². The normalized spacial score (nSPS) is 30.1. The Labute approximate surface area is 178 Å². The third-order valence-corrected chi connectivity index (χ3v) is 7.32. The van der Waals surface area contributed by atoms with Gasteiger partial charge in [-0.3, -0.25) is 19.3 Å². The molecule has 1 aromatic carbocycles. The van der Waals surface area contributed by atoms with Crippen molar-refractivity contribution in [1.82, 2.24) is 10.2 Å². The lowest BCUT2D eigenvalue weighted by molar-refractivity contribution is -0.150. The van der Waals surface area contributed by atoms with Gasteiger partial charge in [-0.05, 0) is 35.8 Å². The molecule has 0 bridgehead atoms. The van der Waals surface area contributed by atoms with E-state index in [1.807, 2.05) is 44.2 Å². The number of hydrogen-bond acceptors (Lipinski definition) is 3. The SMILES string of the molecule is C=CC(C)(C)[C@@]12C[C@H]3C(=O)N[C@@H](CC(C)C)C(=O)N3[C@@H]1N(C(C)=O)c1ccccc12. The van der Waals surface area contributed by atoms with Crippen LogP contribution in [0.1, 0.15) is 53.0 Å². The average Bonchev–Trinajstić information content (AvgIpc) is 3.17. The number of nitrogens with one attached hydrogen (secondary N) is 1. The summed E-state index contributed by atoms with van der Waals surface area (Å²) in [4.78, 5) is 43.1. The number of amides is 3. The maximum absolute atomic E-state index is 13.7. The minimum Gasteiger partial charge on any atom is -0.342 e. The van der Waals surface area contributed by atoms with Gasteiger partial charge in [0.15, 0.2) is 0 Å². The van der Waals surface area contributed by atoms with Gasteiger partial charge < -0.3 is 10.2 Å². The van der Waals surface area contributed by atoms with Crippen molar-refractivity contribution in [3.8, 4) is 0 Å². The third-order valence-electron chi connectivity index (χ3n) is 7.32. The fraction of sp³-hybridized carbons (Fsp3) is 0.542. The Morgan fingerprint density at radius 3 is 2.60 bits per heavy atom. The van der Waals surface area contributed by atoms with Gasteiger partial charge in [-0.1, -0.05) is 52.0 Å². The first-order valence-corrected chi connectivity index (χ1v) is 10.7. The molecule has 1 aromatic rings. The molecule has 2 saturated heterocycles. The number of benzene rings is 1. The summed E-state index contributed by atoms with van der Waals surface area (Å²) in [7, 11) is 0. The number of carbonyl (C=O) groups excluding carboxylic acids is 3. The Morgan fingerprint density at radius 1 is 1.33 bits per heavy atom. The molecule has 4 atom stereocenters. The number of allylic oxidation sites excluding steroid dienone is 1. The summed E-state index contributed by atoms with van der Waals surface area (Å²) in [5.41, 5.74) is 0.762. The Balaban J connectivity index is 1.95. The number of carbonyl (C=O) groups is 3. The molecule has 3 heterocycles. The molecule has 0 aliphatic carbocycles. The van der Waals surface area contributed by atoms with E-state index in [4.69, 9.17) is 0 Å². The van der Waals surface area contributed by atoms with E-state index in [0.717, 1.165) is 11.3 Å². The molecule has 0 saturated carbocycles. The molecular formula is C24H31N3O3. The van der Waals surface area contributed by atoms with Gasteiger partial charge in [-0.2, -0.15) is 0 Å². The van der Waals surface area contributed by atoms with Crippen molar-refractivity contribution in [1.29, 1.82) is 0 Å². The first-order valence-electron chi connectivity index (χ1n) is 10.7. The summed E-state index contributed by atoms with van der Waals surface area (Å²) in [6.45, 7) is 13.8. The zero-order valence-electron chi connectivity index (χ0n) is 18.4. The van der Waals surface area contributed by atoms with Gasteiger partial charge in [0.1, 0.15) is 18.2 Å². The lowest BCUT2D eigenvalue weighted by Crippen LogP contribution is -2.66. The second-order valence-electron chi connectivity index (χ2n) is 9.83. The molecule has 160 valence electrons. The van der Waals surface area contributed by atoms with Crippen LogP contribution in [0.25, 0.3) is 0 Å². The molecule has 3 amide bonds. The lowest BCUT2D eigenvalue weighted by atomic mass is 9.60. The van der Waals surface area contributed by atoms with Crippen LogP contribution in [0.4, 0.5) is 5.69 Å². The molecule has 2 fully saturated rings. The highest BCUT2D eigenvalue weighted by Gasteiger charge is 2.69. The summed E-state index contributed by atoms with van der Waals surface area (Å²) >= 11 is 0. The number of fused-ring (bicyclic) bond motifs is 5. The highest BCUT2D eigenvalue weighted by molar-refractivity contribution is 6.02. The molecule has 6 heteroatoms. The maximum atomic E-state index is 13.7. The molecule has 30 heavy (non-hydrogen) atoms. The minimum absolute atomic E-state index is 0.0981. The lowest BCUT2D eigenvalue weighted by Gasteiger charge is -2.46. The summed E-state index contributed by atoms with van der Waals surface area (Å²) in [5.74, 6) is -0.0968. The molecular weight excluding hydrogens is 378 g/mol. The number of anilines is 1. The van der Waals surface area contributed by atoms with E-state index in [2.05, 4.69) is 25.7 Å². The fourth-order valence-electron chi connectivity index (χ4n) is 5.80. The molecule has 3 aliphatic heterocycles. The van der Waals surface area contributed by atoms with Gasteiger partial charge in [0.2, 0.25) is 17.7 Å². The number of rotatable bonds is 4. The van der Waals surface area contributed by atoms with Crippen LogP contribution >= 0.6 is 0 Å². The number of hydrogen-bond donors (Lipinski definition) is 1. The summed E-state index contributed by atoms with van der Waals surface area (Å²) in [6.07, 6.45) is 2.39. The third kappa shape index (κ3) is 2.52. The van der Waals surface area contributed by atoms with Crippen molar-refractivity contribution in [2.24, 2.45) is 11.3 Å². The predicted molar refractivity (Wildman–Crippen MR) is 116 cm³/mol. The van der Waals surface area contributed by atoms with Crippen molar-refractivity contribution < 1.29 is 14.4 Å². The van der Waals surface area contributed by atoms with Gasteiger partial charge >= 0.3 is 0 Å². The highest BCUT2D eigenvalue weighted by atomic mass is 16.2. The smallest absolute Gasteiger partial charge is 0.247 e. The van der Waals surface area contributed by atoms with Crippen molar-refractivity contribution in [2.75, 3.05) is 4.90 Å². The molecule has 0 aromatic heterocycles. The Kier molecular flexibility index (Phi) is 4.60. The standard InChI is InChI=1S/C24H31N3O3/c1-7-23(5,6)24-13-19-20(29)25-17(12-14(2)3)21(30)27(19)22(24)26(15(4)28)18-11-9-8-10-16(18)24/h7-11,14,17,19,22H,1,12-13H2,2-6H3,(H,25,29)/t17-,19-,22-,24+/m0/s1. The first-order chi connectivity index (χ1) is 14.1. The largest absolute Gasteiger partial charge is 0.342 e. The van der Waals surface area contributed by atoms with Crippen LogP contribution in [0.5, 0.6) is 0 Å². The Morgan fingerprint density at radius 2 is 2.00 bits per heavy atom. The van der Waals surface area contributed by atoms with E-state index >= 15 is 0 Å². The summed E-state index contributed by atoms with van der Waals surface area (Å²) in [5, 5.41) is 2.95. The number of piperazine rings is 1. The molecule has 1 N–H and O–H groups in total. The number of para-hydroxylation sites is 1. The van der Waals surface area contributed by atoms with Crippen LogP contribution in [-0.4, -0.2) is 40.9 Å². The van der Waals surface area contributed by atoms with E-state index in [1.165, 1.54) is 6.92 Å². The van der Waals surface area contributed by atoms with Crippen LogP contribution in [0, 0.1) is 11.3 Å². The van der Waals surface area contributed by atoms with Gasteiger partial charge in [-0.15, -0.1) is 6.58 Å². The number of nitrogens with zero attached hydrogens (tertiary/aromatic N) is 2. The fourth-order valence-corrected chi connectivity index (χ4v) is 5.80. The van der Waals surface area contributed by atoms with Crippen molar-refractivity contribution in [3.05, 3.63) is 42.5 Å². The van der Waals surface area contributed by atoms with E-state index in [0.29, 0.717) is 12.8 Å². The van der Waals surface area contributed by atoms with Crippen LogP contribution in [0.15, 0.2) is 36.9 Å². The molecule has 6 nitrogen and oxygen atoms in total.